The van der Waals surface area contributed by atoms with Crippen LogP contribution in [0.1, 0.15) is 30.5 Å². The molecule has 0 saturated heterocycles. The maximum Gasteiger partial charge on any atom is 0.0369 e. The Hall–Kier alpha value is -1.18. The van der Waals surface area contributed by atoms with Crippen LogP contribution in [0, 0.1) is 6.92 Å². The summed E-state index contributed by atoms with van der Waals surface area (Å²) in [6, 6.07) is 1.88. The second-order valence-corrected chi connectivity index (χ2v) is 3.34. The van der Waals surface area contributed by atoms with Gasteiger partial charge in [0.2, 0.25) is 0 Å². The summed E-state index contributed by atoms with van der Waals surface area (Å²) in [5.41, 5.74) is 17.2. The second kappa shape index (κ2) is 3.69. The van der Waals surface area contributed by atoms with Crippen LogP contribution in [-0.4, -0.2) is 0 Å². The molecule has 0 aromatic heterocycles. The van der Waals surface area contributed by atoms with Gasteiger partial charge in [0, 0.05) is 11.4 Å². The molecule has 0 heterocycles. The fourth-order valence-corrected chi connectivity index (χ4v) is 1.90. The Morgan fingerprint density at radius 1 is 1.00 bits per heavy atom. The monoisotopic (exact) mass is 178 g/mol. The van der Waals surface area contributed by atoms with Gasteiger partial charge in [-0.2, -0.15) is 0 Å². The highest BCUT2D eigenvalue weighted by atomic mass is 14.6. The molecule has 0 radical (unpaired) electrons. The topological polar surface area (TPSA) is 52.0 Å². The lowest BCUT2D eigenvalue weighted by Gasteiger charge is -2.14. The van der Waals surface area contributed by atoms with Gasteiger partial charge in [0.25, 0.3) is 0 Å². The van der Waals surface area contributed by atoms with Crippen molar-refractivity contribution in [2.75, 3.05) is 11.5 Å². The maximum absolute atomic E-state index is 5.88. The summed E-state index contributed by atoms with van der Waals surface area (Å²) in [6.45, 7) is 6.34. The number of hydrogen-bond acceptors (Lipinski definition) is 2. The molecule has 0 bridgehead atoms. The van der Waals surface area contributed by atoms with E-state index >= 15 is 0 Å². The smallest absolute Gasteiger partial charge is 0.0369 e. The predicted octanol–water partition coefficient (Wildman–Crippen LogP) is 2.28. The molecular formula is C11H18N2. The summed E-state index contributed by atoms with van der Waals surface area (Å²) < 4.78 is 0. The van der Waals surface area contributed by atoms with Crippen molar-refractivity contribution in [3.05, 3.63) is 22.8 Å². The molecular weight excluding hydrogens is 160 g/mol. The third-order valence-electron chi connectivity index (χ3n) is 2.62. The van der Waals surface area contributed by atoms with E-state index in [0.29, 0.717) is 0 Å². The van der Waals surface area contributed by atoms with Gasteiger partial charge in [-0.3, -0.25) is 0 Å². The van der Waals surface area contributed by atoms with Gasteiger partial charge in [0.05, 0.1) is 0 Å². The molecule has 0 unspecified atom stereocenters. The molecule has 0 aliphatic carbocycles. The summed E-state index contributed by atoms with van der Waals surface area (Å²) in [6.07, 6.45) is 1.95. The van der Waals surface area contributed by atoms with Crippen molar-refractivity contribution in [3.8, 4) is 0 Å². The minimum absolute atomic E-state index is 0.828. The molecule has 0 atom stereocenters. The van der Waals surface area contributed by atoms with Gasteiger partial charge in [0.15, 0.2) is 0 Å². The van der Waals surface area contributed by atoms with Crippen LogP contribution in [0.15, 0.2) is 6.07 Å². The molecule has 1 aromatic carbocycles. The highest BCUT2D eigenvalue weighted by Crippen LogP contribution is 2.27. The Morgan fingerprint density at radius 3 is 1.69 bits per heavy atom. The molecule has 2 nitrogen and oxygen atoms in total. The Morgan fingerprint density at radius 2 is 1.38 bits per heavy atom. The summed E-state index contributed by atoms with van der Waals surface area (Å²) in [4.78, 5) is 0. The summed E-state index contributed by atoms with van der Waals surface area (Å²) in [5.74, 6) is 0. The molecule has 72 valence electrons. The normalized spacial score (nSPS) is 10.4. The van der Waals surface area contributed by atoms with E-state index in [2.05, 4.69) is 20.8 Å². The van der Waals surface area contributed by atoms with Gasteiger partial charge in [-0.05, 0) is 42.5 Å². The molecule has 0 aliphatic heterocycles. The fourth-order valence-electron chi connectivity index (χ4n) is 1.90. The highest BCUT2D eigenvalue weighted by Gasteiger charge is 2.08. The number of rotatable bonds is 2. The standard InChI is InChI=1S/C11H18N2/c1-4-8-7(3)9(5-2)11(13)6-10(8)12/h6H,4-5,12-13H2,1-3H3. The zero-order valence-electron chi connectivity index (χ0n) is 8.65. The quantitative estimate of drug-likeness (QED) is 0.683. The van der Waals surface area contributed by atoms with E-state index in [4.69, 9.17) is 11.5 Å². The molecule has 0 amide bonds. The van der Waals surface area contributed by atoms with E-state index in [1.807, 2.05) is 6.07 Å². The summed E-state index contributed by atoms with van der Waals surface area (Å²) >= 11 is 0. The van der Waals surface area contributed by atoms with Gasteiger partial charge in [-0.1, -0.05) is 13.8 Å². The molecule has 0 spiro atoms. The number of nitrogens with two attached hydrogens (primary N) is 2. The molecule has 0 aliphatic rings. The van der Waals surface area contributed by atoms with Crippen LogP contribution in [0.5, 0.6) is 0 Å². The predicted molar refractivity (Wildman–Crippen MR) is 58.8 cm³/mol. The van der Waals surface area contributed by atoms with Gasteiger partial charge < -0.3 is 11.5 Å². The fraction of sp³-hybridized carbons (Fsp3) is 0.455. The number of hydrogen-bond donors (Lipinski definition) is 2. The van der Waals surface area contributed by atoms with Gasteiger partial charge >= 0.3 is 0 Å². The molecule has 1 rings (SSSR count). The SMILES string of the molecule is CCc1c(N)cc(N)c(CC)c1C. The van der Waals surface area contributed by atoms with Crippen molar-refractivity contribution in [3.63, 3.8) is 0 Å². The summed E-state index contributed by atoms with van der Waals surface area (Å²) in [5, 5.41) is 0. The number of nitrogen functional groups attached to an aromatic ring is 2. The van der Waals surface area contributed by atoms with Crippen LogP contribution in [0.25, 0.3) is 0 Å². The van der Waals surface area contributed by atoms with Crippen molar-refractivity contribution in [1.29, 1.82) is 0 Å². The van der Waals surface area contributed by atoms with Crippen LogP contribution in [0.3, 0.4) is 0 Å². The Bertz CT molecular complexity index is 288. The molecule has 4 N–H and O–H groups in total. The van der Waals surface area contributed by atoms with Crippen LogP contribution < -0.4 is 11.5 Å². The zero-order valence-corrected chi connectivity index (χ0v) is 8.65. The highest BCUT2D eigenvalue weighted by molar-refractivity contribution is 5.65. The van der Waals surface area contributed by atoms with E-state index in [0.717, 1.165) is 24.2 Å². The van der Waals surface area contributed by atoms with Crippen LogP contribution >= 0.6 is 0 Å². The average Bonchev–Trinajstić information content (AvgIpc) is 2.04. The second-order valence-electron chi connectivity index (χ2n) is 3.34. The Balaban J connectivity index is 3.39. The van der Waals surface area contributed by atoms with Gasteiger partial charge in [-0.25, -0.2) is 0 Å². The maximum atomic E-state index is 5.88. The molecule has 0 saturated carbocycles. The number of benzene rings is 1. The first kappa shape index (κ1) is 9.90. The lowest BCUT2D eigenvalue weighted by molar-refractivity contribution is 1.05. The third-order valence-corrected chi connectivity index (χ3v) is 2.62. The van der Waals surface area contributed by atoms with Gasteiger partial charge in [0.1, 0.15) is 0 Å². The van der Waals surface area contributed by atoms with Gasteiger partial charge in [-0.15, -0.1) is 0 Å². The average molecular weight is 178 g/mol. The lowest BCUT2D eigenvalue weighted by Crippen LogP contribution is -2.04. The summed E-state index contributed by atoms with van der Waals surface area (Å²) in [7, 11) is 0. The van der Waals surface area contributed by atoms with E-state index in [1.54, 1.807) is 0 Å². The van der Waals surface area contributed by atoms with Crippen molar-refractivity contribution in [2.24, 2.45) is 0 Å². The first-order valence-corrected chi connectivity index (χ1v) is 4.78. The van der Waals surface area contributed by atoms with E-state index in [9.17, 15) is 0 Å². The first-order chi connectivity index (χ1) is 6.11. The molecule has 0 fully saturated rings. The minimum Gasteiger partial charge on any atom is -0.398 e. The van der Waals surface area contributed by atoms with E-state index < -0.39 is 0 Å². The van der Waals surface area contributed by atoms with E-state index in [1.165, 1.54) is 16.7 Å². The molecule has 1 aromatic rings. The van der Waals surface area contributed by atoms with E-state index in [-0.39, 0.29) is 0 Å². The van der Waals surface area contributed by atoms with Crippen LogP contribution in [-0.2, 0) is 12.8 Å². The van der Waals surface area contributed by atoms with Crippen molar-refractivity contribution in [2.45, 2.75) is 33.6 Å². The molecule has 2 heteroatoms. The first-order valence-electron chi connectivity index (χ1n) is 4.78. The molecule has 13 heavy (non-hydrogen) atoms. The van der Waals surface area contributed by atoms with Crippen molar-refractivity contribution >= 4 is 11.4 Å². The van der Waals surface area contributed by atoms with Crippen molar-refractivity contribution in [1.82, 2.24) is 0 Å². The van der Waals surface area contributed by atoms with Crippen LogP contribution in [0.4, 0.5) is 11.4 Å². The minimum atomic E-state index is 0.828. The van der Waals surface area contributed by atoms with Crippen LogP contribution in [0.2, 0.25) is 0 Å². The Kier molecular flexibility index (Phi) is 2.81. The zero-order chi connectivity index (χ0) is 10.0. The van der Waals surface area contributed by atoms with Crippen molar-refractivity contribution < 1.29 is 0 Å². The Labute approximate surface area is 79.9 Å². The lowest BCUT2D eigenvalue weighted by atomic mass is 9.95. The largest absolute Gasteiger partial charge is 0.398 e. The third kappa shape index (κ3) is 1.62. The number of anilines is 2.